The maximum Gasteiger partial charge on any atom is 0.354 e. The lowest BCUT2D eigenvalue weighted by atomic mass is 10.2. The minimum Gasteiger partial charge on any atom is -0.477 e. The lowest BCUT2D eigenvalue weighted by Crippen LogP contribution is -2.36. The van der Waals surface area contributed by atoms with Gasteiger partial charge in [0.15, 0.2) is 0 Å². The average molecular weight is 264 g/mol. The molecule has 1 atom stereocenters. The molecule has 3 heterocycles. The Bertz CT molecular complexity index is 459. The number of hydrogen-bond donors (Lipinski definition) is 2. The zero-order valence-corrected chi connectivity index (χ0v) is 11.0. The highest BCUT2D eigenvalue weighted by atomic mass is 16.4. The van der Waals surface area contributed by atoms with E-state index in [0.29, 0.717) is 12.6 Å². The van der Waals surface area contributed by atoms with Crippen LogP contribution in [0.3, 0.4) is 0 Å². The van der Waals surface area contributed by atoms with Crippen LogP contribution in [0.2, 0.25) is 0 Å². The SMILES string of the molecule is O=C(O)c1[nH]ncc1CN1CCCN2CCC[C@H]2C1. The molecule has 0 radical (unpaired) electrons. The van der Waals surface area contributed by atoms with Crippen molar-refractivity contribution in [3.63, 3.8) is 0 Å². The third-order valence-corrected chi connectivity index (χ3v) is 4.21. The van der Waals surface area contributed by atoms with Crippen LogP contribution in [0.25, 0.3) is 0 Å². The van der Waals surface area contributed by atoms with Crippen LogP contribution in [-0.2, 0) is 6.54 Å². The predicted molar refractivity (Wildman–Crippen MR) is 70.0 cm³/mol. The van der Waals surface area contributed by atoms with Crippen molar-refractivity contribution in [1.29, 1.82) is 0 Å². The van der Waals surface area contributed by atoms with Gasteiger partial charge in [-0.3, -0.25) is 14.9 Å². The summed E-state index contributed by atoms with van der Waals surface area (Å²) in [6, 6.07) is 0.655. The fraction of sp³-hybridized carbons (Fsp3) is 0.692. The van der Waals surface area contributed by atoms with Gasteiger partial charge < -0.3 is 5.11 Å². The van der Waals surface area contributed by atoms with Crippen molar-refractivity contribution in [2.45, 2.75) is 31.8 Å². The van der Waals surface area contributed by atoms with Gasteiger partial charge in [0.25, 0.3) is 0 Å². The first-order valence-corrected chi connectivity index (χ1v) is 6.96. The summed E-state index contributed by atoms with van der Waals surface area (Å²) in [5.74, 6) is -0.926. The zero-order valence-electron chi connectivity index (χ0n) is 11.0. The van der Waals surface area contributed by atoms with Gasteiger partial charge in [-0.05, 0) is 38.9 Å². The molecule has 6 nitrogen and oxygen atoms in total. The average Bonchev–Trinajstić information content (AvgIpc) is 2.96. The summed E-state index contributed by atoms with van der Waals surface area (Å²) in [6.07, 6.45) is 5.37. The second-order valence-electron chi connectivity index (χ2n) is 5.50. The van der Waals surface area contributed by atoms with E-state index in [1.807, 2.05) is 0 Å². The summed E-state index contributed by atoms with van der Waals surface area (Å²) in [7, 11) is 0. The standard InChI is InChI=1S/C13H20N4O2/c18-13(19)12-10(7-14-15-12)8-16-4-2-6-17-5-1-3-11(17)9-16/h7,11H,1-6,8-9H2,(H,14,15)(H,18,19)/t11-/m0/s1. The van der Waals surface area contributed by atoms with E-state index in [1.165, 1.54) is 25.9 Å². The maximum atomic E-state index is 11.1. The van der Waals surface area contributed by atoms with Crippen molar-refractivity contribution in [1.82, 2.24) is 20.0 Å². The number of aromatic amines is 1. The van der Waals surface area contributed by atoms with E-state index in [2.05, 4.69) is 20.0 Å². The summed E-state index contributed by atoms with van der Waals surface area (Å²) < 4.78 is 0. The normalized spacial score (nSPS) is 25.2. The predicted octanol–water partition coefficient (Wildman–Crippen LogP) is 0.778. The van der Waals surface area contributed by atoms with E-state index in [-0.39, 0.29) is 5.69 Å². The number of nitrogens with one attached hydrogen (secondary N) is 1. The molecule has 3 rings (SSSR count). The molecule has 0 saturated carbocycles. The molecule has 2 aliphatic heterocycles. The van der Waals surface area contributed by atoms with E-state index in [4.69, 9.17) is 5.11 Å². The Labute approximate surface area is 112 Å². The smallest absolute Gasteiger partial charge is 0.354 e. The molecule has 0 bridgehead atoms. The third kappa shape index (κ3) is 2.64. The monoisotopic (exact) mass is 264 g/mol. The lowest BCUT2D eigenvalue weighted by molar-refractivity contribution is 0.0688. The molecule has 0 unspecified atom stereocenters. The number of rotatable bonds is 3. The first-order chi connectivity index (χ1) is 9.24. The number of aromatic carboxylic acids is 1. The van der Waals surface area contributed by atoms with Gasteiger partial charge in [-0.2, -0.15) is 5.10 Å². The number of aromatic nitrogens is 2. The fourth-order valence-electron chi connectivity index (χ4n) is 3.28. The minimum absolute atomic E-state index is 0.229. The van der Waals surface area contributed by atoms with E-state index < -0.39 is 5.97 Å². The van der Waals surface area contributed by atoms with E-state index in [0.717, 1.165) is 25.1 Å². The molecule has 0 spiro atoms. The first-order valence-electron chi connectivity index (χ1n) is 6.96. The highest BCUT2D eigenvalue weighted by Crippen LogP contribution is 2.22. The highest BCUT2D eigenvalue weighted by Gasteiger charge is 2.29. The number of carbonyl (C=O) groups is 1. The number of carboxylic acid groups (broad SMARTS) is 1. The quantitative estimate of drug-likeness (QED) is 0.844. The largest absolute Gasteiger partial charge is 0.477 e. The van der Waals surface area contributed by atoms with Crippen LogP contribution in [0.15, 0.2) is 6.20 Å². The van der Waals surface area contributed by atoms with Gasteiger partial charge >= 0.3 is 5.97 Å². The van der Waals surface area contributed by atoms with Crippen LogP contribution in [0.4, 0.5) is 0 Å². The van der Waals surface area contributed by atoms with Crippen molar-refractivity contribution in [3.8, 4) is 0 Å². The topological polar surface area (TPSA) is 72.5 Å². The van der Waals surface area contributed by atoms with Crippen LogP contribution in [0.1, 0.15) is 35.3 Å². The Morgan fingerprint density at radius 2 is 2.26 bits per heavy atom. The Hall–Kier alpha value is -1.40. The van der Waals surface area contributed by atoms with Crippen LogP contribution in [-0.4, -0.2) is 63.3 Å². The molecule has 0 aliphatic carbocycles. The molecule has 2 N–H and O–H groups in total. The molecular weight excluding hydrogens is 244 g/mol. The summed E-state index contributed by atoms with van der Waals surface area (Å²) in [5.41, 5.74) is 1.02. The van der Waals surface area contributed by atoms with Crippen molar-refractivity contribution >= 4 is 5.97 Å². The molecule has 6 heteroatoms. The number of hydrogen-bond acceptors (Lipinski definition) is 4. The van der Waals surface area contributed by atoms with Crippen molar-refractivity contribution in [3.05, 3.63) is 17.5 Å². The molecule has 1 aromatic heterocycles. The molecule has 104 valence electrons. The third-order valence-electron chi connectivity index (χ3n) is 4.21. The summed E-state index contributed by atoms with van der Waals surface area (Å²) >= 11 is 0. The molecule has 1 aromatic rings. The number of carboxylic acids is 1. The van der Waals surface area contributed by atoms with Crippen molar-refractivity contribution < 1.29 is 9.90 Å². The van der Waals surface area contributed by atoms with E-state index >= 15 is 0 Å². The summed E-state index contributed by atoms with van der Waals surface area (Å²) in [6.45, 7) is 5.17. The van der Waals surface area contributed by atoms with Crippen molar-refractivity contribution in [2.24, 2.45) is 0 Å². The second kappa shape index (κ2) is 5.30. The van der Waals surface area contributed by atoms with Crippen molar-refractivity contribution in [2.75, 3.05) is 26.2 Å². The molecule has 0 aromatic carbocycles. The first kappa shape index (κ1) is 12.6. The molecule has 0 amide bonds. The van der Waals surface area contributed by atoms with E-state index in [9.17, 15) is 4.79 Å². The highest BCUT2D eigenvalue weighted by molar-refractivity contribution is 5.86. The second-order valence-corrected chi connectivity index (χ2v) is 5.50. The Morgan fingerprint density at radius 1 is 1.42 bits per heavy atom. The molecule has 2 aliphatic rings. The van der Waals surface area contributed by atoms with Crippen LogP contribution >= 0.6 is 0 Å². The number of fused-ring (bicyclic) bond motifs is 1. The molecule has 2 saturated heterocycles. The van der Waals surface area contributed by atoms with Gasteiger partial charge in [0.05, 0.1) is 6.20 Å². The minimum atomic E-state index is -0.926. The summed E-state index contributed by atoms with van der Waals surface area (Å²) in [5, 5.41) is 15.5. The van der Waals surface area contributed by atoms with E-state index in [1.54, 1.807) is 6.20 Å². The van der Waals surface area contributed by atoms with Gasteiger partial charge in [0.1, 0.15) is 5.69 Å². The van der Waals surface area contributed by atoms with Gasteiger partial charge in [-0.1, -0.05) is 0 Å². The Balaban J connectivity index is 1.68. The molecule has 2 fully saturated rings. The van der Waals surface area contributed by atoms with Gasteiger partial charge in [-0.15, -0.1) is 0 Å². The Morgan fingerprint density at radius 3 is 3.11 bits per heavy atom. The van der Waals surface area contributed by atoms with Gasteiger partial charge in [0.2, 0.25) is 0 Å². The molecular formula is C13H20N4O2. The molecule has 19 heavy (non-hydrogen) atoms. The van der Waals surface area contributed by atoms with Crippen LogP contribution in [0, 0.1) is 0 Å². The van der Waals surface area contributed by atoms with Crippen LogP contribution in [0.5, 0.6) is 0 Å². The Kier molecular flexibility index (Phi) is 3.52. The van der Waals surface area contributed by atoms with Gasteiger partial charge in [-0.25, -0.2) is 4.79 Å². The number of nitrogens with zero attached hydrogens (tertiary/aromatic N) is 3. The van der Waals surface area contributed by atoms with Crippen LogP contribution < -0.4 is 0 Å². The summed E-state index contributed by atoms with van der Waals surface area (Å²) in [4.78, 5) is 16.0. The number of H-pyrrole nitrogens is 1. The lowest BCUT2D eigenvalue weighted by Gasteiger charge is -2.25. The maximum absolute atomic E-state index is 11.1. The zero-order chi connectivity index (χ0) is 13.2. The fourth-order valence-corrected chi connectivity index (χ4v) is 3.28. The van der Waals surface area contributed by atoms with Gasteiger partial charge in [0, 0.05) is 24.7 Å².